The second-order valence-electron chi connectivity index (χ2n) is 5.46. The van der Waals surface area contributed by atoms with Crippen molar-refractivity contribution < 1.29 is 19.7 Å². The molecule has 0 atom stereocenters. The molecule has 0 saturated heterocycles. The van der Waals surface area contributed by atoms with Gasteiger partial charge in [-0.25, -0.2) is 9.79 Å². The summed E-state index contributed by atoms with van der Waals surface area (Å²) in [7, 11) is 0. The number of ether oxygens (including phenoxy) is 1. The van der Waals surface area contributed by atoms with E-state index in [-0.39, 0.29) is 23.1 Å². The quantitative estimate of drug-likeness (QED) is 0.466. The van der Waals surface area contributed by atoms with Gasteiger partial charge in [0, 0.05) is 26.7 Å². The van der Waals surface area contributed by atoms with E-state index in [1.54, 1.807) is 18.2 Å². The van der Waals surface area contributed by atoms with Gasteiger partial charge in [0.25, 0.3) is 0 Å². The van der Waals surface area contributed by atoms with E-state index < -0.39 is 5.97 Å². The third-order valence-corrected chi connectivity index (χ3v) is 5.59. The minimum atomic E-state index is -0.654. The van der Waals surface area contributed by atoms with Crippen molar-refractivity contribution in [1.82, 2.24) is 0 Å². The highest BCUT2D eigenvalue weighted by molar-refractivity contribution is 7.21. The average molecular weight is 406 g/mol. The number of phenols is 2. The molecule has 1 aliphatic heterocycles. The summed E-state index contributed by atoms with van der Waals surface area (Å²) in [6, 6.07) is 9.33. The Bertz CT molecular complexity index is 1130. The van der Waals surface area contributed by atoms with E-state index in [1.165, 1.54) is 35.6 Å². The van der Waals surface area contributed by atoms with Crippen LogP contribution in [0.25, 0.3) is 16.2 Å². The summed E-state index contributed by atoms with van der Waals surface area (Å²) in [5, 5.41) is 21.0. The third-order valence-electron chi connectivity index (χ3n) is 3.71. The number of fused-ring (bicyclic) bond motifs is 1. The lowest BCUT2D eigenvalue weighted by Crippen LogP contribution is -2.04. The van der Waals surface area contributed by atoms with E-state index in [4.69, 9.17) is 27.9 Å². The molecule has 5 nitrogen and oxygen atoms in total. The van der Waals surface area contributed by atoms with E-state index in [0.717, 1.165) is 10.1 Å². The topological polar surface area (TPSA) is 79.1 Å². The molecule has 0 aliphatic carbocycles. The Hall–Kier alpha value is -2.54. The molecule has 1 aliphatic rings. The fourth-order valence-electron chi connectivity index (χ4n) is 2.48. The van der Waals surface area contributed by atoms with Crippen LogP contribution in [0.3, 0.4) is 0 Å². The number of esters is 1. The van der Waals surface area contributed by atoms with Gasteiger partial charge in [0.15, 0.2) is 5.70 Å². The van der Waals surface area contributed by atoms with Gasteiger partial charge in [-0.1, -0.05) is 29.3 Å². The van der Waals surface area contributed by atoms with Crippen molar-refractivity contribution in [3.05, 3.63) is 62.6 Å². The van der Waals surface area contributed by atoms with E-state index in [9.17, 15) is 15.0 Å². The summed E-state index contributed by atoms with van der Waals surface area (Å²) in [5.74, 6) is -0.817. The van der Waals surface area contributed by atoms with Gasteiger partial charge in [-0.3, -0.25) is 0 Å². The number of benzene rings is 2. The van der Waals surface area contributed by atoms with Crippen molar-refractivity contribution in [2.24, 2.45) is 4.99 Å². The van der Waals surface area contributed by atoms with E-state index in [2.05, 4.69) is 4.99 Å². The molecule has 4 rings (SSSR count). The summed E-state index contributed by atoms with van der Waals surface area (Å²) in [6.45, 7) is 0. The normalized spacial score (nSPS) is 15.5. The number of halogens is 2. The fourth-order valence-corrected chi connectivity index (χ4v) is 4.20. The minimum Gasteiger partial charge on any atom is -0.508 e. The Morgan fingerprint density at radius 3 is 2.69 bits per heavy atom. The van der Waals surface area contributed by atoms with Gasteiger partial charge in [0.2, 0.25) is 5.90 Å². The molecule has 0 bridgehead atoms. The second-order valence-corrected chi connectivity index (χ2v) is 7.33. The number of cyclic esters (lactones) is 1. The first-order valence-corrected chi connectivity index (χ1v) is 8.92. The highest BCUT2D eigenvalue weighted by Crippen LogP contribution is 2.38. The number of aliphatic imine (C=N–C) groups is 1. The van der Waals surface area contributed by atoms with Crippen LogP contribution >= 0.6 is 34.5 Å². The predicted octanol–water partition coefficient (Wildman–Crippen LogP) is 4.96. The van der Waals surface area contributed by atoms with E-state index in [1.807, 2.05) is 0 Å². The zero-order valence-electron chi connectivity index (χ0n) is 12.9. The number of nitrogens with zero attached hydrogens (tertiary/aromatic N) is 1. The molecule has 2 N–H and O–H groups in total. The minimum absolute atomic E-state index is 0.0209. The molecular weight excluding hydrogens is 397 g/mol. The first-order chi connectivity index (χ1) is 12.4. The van der Waals surface area contributed by atoms with Crippen molar-refractivity contribution in [3.8, 4) is 11.5 Å². The summed E-state index contributed by atoms with van der Waals surface area (Å²) in [6.07, 6.45) is 1.38. The van der Waals surface area contributed by atoms with Crippen molar-refractivity contribution in [2.45, 2.75) is 0 Å². The molecule has 0 unspecified atom stereocenters. The Balaban J connectivity index is 1.77. The number of hydrogen-bond donors (Lipinski definition) is 2. The van der Waals surface area contributed by atoms with Crippen LogP contribution in [0.1, 0.15) is 10.4 Å². The van der Waals surface area contributed by atoms with Crippen LogP contribution < -0.4 is 0 Å². The lowest BCUT2D eigenvalue weighted by molar-refractivity contribution is -0.129. The molecule has 8 heteroatoms. The standard InChI is InChI=1S/C18H9Cl2NO4S/c19-9-2-4-11-14(6-9)26-16(15(11)20)17-21-12(18(24)25-17)5-8-1-3-10(22)7-13(8)23/h1-7,22-23H/b12-5+. The molecule has 0 fully saturated rings. The second kappa shape index (κ2) is 6.32. The lowest BCUT2D eigenvalue weighted by atomic mass is 10.1. The van der Waals surface area contributed by atoms with E-state index >= 15 is 0 Å². The molecule has 0 spiro atoms. The SMILES string of the molecule is O=C1OC(c2sc3cc(Cl)ccc3c2Cl)=N/C1=C/c1ccc(O)cc1O. The molecule has 1 aromatic heterocycles. The van der Waals surface area contributed by atoms with Crippen LogP contribution in [0, 0.1) is 0 Å². The first kappa shape index (κ1) is 16.9. The number of hydrogen-bond acceptors (Lipinski definition) is 6. The van der Waals surface area contributed by atoms with Gasteiger partial charge in [0.1, 0.15) is 16.4 Å². The number of rotatable bonds is 2. The number of carbonyl (C=O) groups is 1. The number of thiophene rings is 1. The molecule has 0 amide bonds. The van der Waals surface area contributed by atoms with Crippen LogP contribution in [-0.2, 0) is 9.53 Å². The maximum absolute atomic E-state index is 12.1. The van der Waals surface area contributed by atoms with Gasteiger partial charge >= 0.3 is 5.97 Å². The van der Waals surface area contributed by atoms with Gasteiger partial charge in [-0.05, 0) is 30.3 Å². The van der Waals surface area contributed by atoms with Crippen molar-refractivity contribution in [2.75, 3.05) is 0 Å². The zero-order chi connectivity index (χ0) is 18.4. The number of aromatic hydroxyl groups is 2. The van der Waals surface area contributed by atoms with Crippen molar-refractivity contribution in [3.63, 3.8) is 0 Å². The maximum atomic E-state index is 12.1. The monoisotopic (exact) mass is 405 g/mol. The molecule has 26 heavy (non-hydrogen) atoms. The Morgan fingerprint density at radius 1 is 1.12 bits per heavy atom. The molecule has 2 aromatic carbocycles. The van der Waals surface area contributed by atoms with Crippen LogP contribution in [0.15, 0.2) is 47.1 Å². The summed E-state index contributed by atoms with van der Waals surface area (Å²) in [4.78, 5) is 16.9. The molecule has 130 valence electrons. The van der Waals surface area contributed by atoms with Crippen LogP contribution in [0.4, 0.5) is 0 Å². The van der Waals surface area contributed by atoms with Crippen LogP contribution in [-0.4, -0.2) is 22.1 Å². The molecule has 0 saturated carbocycles. The van der Waals surface area contributed by atoms with Crippen molar-refractivity contribution in [1.29, 1.82) is 0 Å². The zero-order valence-corrected chi connectivity index (χ0v) is 15.2. The summed E-state index contributed by atoms with van der Waals surface area (Å²) in [5.41, 5.74) is 0.349. The Labute approximate surface area is 161 Å². The third kappa shape index (κ3) is 2.92. The van der Waals surface area contributed by atoms with Gasteiger partial charge in [0.05, 0.1) is 5.02 Å². The highest BCUT2D eigenvalue weighted by atomic mass is 35.5. The van der Waals surface area contributed by atoms with Gasteiger partial charge in [-0.2, -0.15) is 0 Å². The first-order valence-electron chi connectivity index (χ1n) is 7.35. The smallest absolute Gasteiger partial charge is 0.363 e. The number of carbonyl (C=O) groups excluding carboxylic acids is 1. The van der Waals surface area contributed by atoms with Crippen LogP contribution in [0.2, 0.25) is 10.0 Å². The van der Waals surface area contributed by atoms with E-state index in [0.29, 0.717) is 20.5 Å². The summed E-state index contributed by atoms with van der Waals surface area (Å²) >= 11 is 13.7. The highest BCUT2D eigenvalue weighted by Gasteiger charge is 2.28. The Morgan fingerprint density at radius 2 is 1.92 bits per heavy atom. The maximum Gasteiger partial charge on any atom is 0.363 e. The van der Waals surface area contributed by atoms with Crippen LogP contribution in [0.5, 0.6) is 11.5 Å². The lowest BCUT2D eigenvalue weighted by Gasteiger charge is -1.99. The predicted molar refractivity (Wildman–Crippen MR) is 102 cm³/mol. The molecule has 0 radical (unpaired) electrons. The van der Waals surface area contributed by atoms with Gasteiger partial charge in [-0.15, -0.1) is 11.3 Å². The van der Waals surface area contributed by atoms with Gasteiger partial charge < -0.3 is 14.9 Å². The molecular formula is C18H9Cl2NO4S. The molecule has 2 heterocycles. The Kier molecular flexibility index (Phi) is 4.11. The molecule has 3 aromatic rings. The largest absolute Gasteiger partial charge is 0.508 e. The fraction of sp³-hybridized carbons (Fsp3) is 0. The van der Waals surface area contributed by atoms with Crippen molar-refractivity contribution >= 4 is 62.6 Å². The average Bonchev–Trinajstić information content (AvgIpc) is 3.10. The summed E-state index contributed by atoms with van der Waals surface area (Å²) < 4.78 is 6.09. The number of phenolic OH excluding ortho intramolecular Hbond substituents is 2.